The van der Waals surface area contributed by atoms with Gasteiger partial charge in [0.25, 0.3) is 5.91 Å². The first-order chi connectivity index (χ1) is 21.3. The normalized spacial score (nSPS) is 20.6. The Morgan fingerprint density at radius 1 is 1.18 bits per heavy atom. The highest BCUT2D eigenvalue weighted by atomic mass is 35.5. The molecule has 1 saturated carbocycles. The lowest BCUT2D eigenvalue weighted by molar-refractivity contribution is -0.0353. The van der Waals surface area contributed by atoms with Crippen LogP contribution in [0, 0.1) is 17.2 Å². The molecule has 12 heteroatoms. The van der Waals surface area contributed by atoms with Gasteiger partial charge in [-0.3, -0.25) is 14.7 Å². The van der Waals surface area contributed by atoms with Crippen LogP contribution >= 0.6 is 12.4 Å². The van der Waals surface area contributed by atoms with Gasteiger partial charge in [0.2, 0.25) is 0 Å². The first-order valence-electron chi connectivity index (χ1n) is 15.7. The van der Waals surface area contributed by atoms with Gasteiger partial charge in [-0.15, -0.1) is 12.4 Å². The number of ether oxygens (including phenoxy) is 2. The number of nitrogens with zero attached hydrogens (tertiary/aromatic N) is 5. The van der Waals surface area contributed by atoms with E-state index in [-0.39, 0.29) is 41.3 Å². The average molecular weight is 638 g/mol. The number of hydrogen-bond acceptors (Lipinski definition) is 9. The van der Waals surface area contributed by atoms with Crippen LogP contribution < -0.4 is 25.0 Å². The van der Waals surface area contributed by atoms with Crippen LogP contribution in [0.2, 0.25) is 0 Å². The third-order valence-corrected chi connectivity index (χ3v) is 9.28. The topological polar surface area (TPSA) is 105 Å². The molecule has 2 N–H and O–H groups in total. The molecule has 3 aliphatic heterocycles. The van der Waals surface area contributed by atoms with Crippen LogP contribution in [-0.2, 0) is 13.0 Å². The van der Waals surface area contributed by atoms with Crippen molar-refractivity contribution >= 4 is 24.1 Å². The lowest BCUT2D eigenvalue weighted by Gasteiger charge is -2.59. The molecule has 2 aromatic heterocycles. The van der Waals surface area contributed by atoms with E-state index < -0.39 is 11.7 Å². The second-order valence-electron chi connectivity index (χ2n) is 13.2. The minimum atomic E-state index is -0.506. The highest BCUT2D eigenvalue weighted by molar-refractivity contribution is 5.97. The van der Waals surface area contributed by atoms with Gasteiger partial charge in [0.1, 0.15) is 29.7 Å². The zero-order valence-corrected chi connectivity index (χ0v) is 26.6. The maximum absolute atomic E-state index is 14.0. The fraction of sp³-hybridized carbons (Fsp3) is 0.515. The van der Waals surface area contributed by atoms with Crippen molar-refractivity contribution in [3.63, 3.8) is 0 Å². The molecule has 1 aliphatic carbocycles. The Balaban J connectivity index is 0.00000357. The molecule has 5 heterocycles. The fourth-order valence-corrected chi connectivity index (χ4v) is 7.16. The van der Waals surface area contributed by atoms with Crippen molar-refractivity contribution in [1.29, 1.82) is 0 Å². The molecular weight excluding hydrogens is 597 g/mol. The van der Waals surface area contributed by atoms with E-state index in [2.05, 4.69) is 35.4 Å². The van der Waals surface area contributed by atoms with E-state index in [9.17, 15) is 9.18 Å². The Labute approximate surface area is 269 Å². The number of rotatable bonds is 9. The predicted molar refractivity (Wildman–Crippen MR) is 171 cm³/mol. The minimum absolute atomic E-state index is 0. The van der Waals surface area contributed by atoms with E-state index in [0.717, 1.165) is 76.7 Å². The van der Waals surface area contributed by atoms with Crippen molar-refractivity contribution < 1.29 is 18.7 Å². The summed E-state index contributed by atoms with van der Waals surface area (Å²) in [7, 11) is 0. The molecular formula is C33H41ClFN7O3. The Bertz CT molecular complexity index is 1520. The van der Waals surface area contributed by atoms with Crippen molar-refractivity contribution in [2.75, 3.05) is 44.2 Å². The van der Waals surface area contributed by atoms with E-state index >= 15 is 0 Å². The molecule has 0 radical (unpaired) electrons. The number of amides is 1. The summed E-state index contributed by atoms with van der Waals surface area (Å²) in [5, 5.41) is 6.29. The summed E-state index contributed by atoms with van der Waals surface area (Å²) in [5.41, 5.74) is 2.74. The monoisotopic (exact) mass is 637 g/mol. The van der Waals surface area contributed by atoms with E-state index in [1.54, 1.807) is 6.20 Å². The fourth-order valence-electron chi connectivity index (χ4n) is 7.16. The van der Waals surface area contributed by atoms with Crippen LogP contribution in [0.1, 0.15) is 54.7 Å². The molecule has 1 unspecified atom stereocenters. The number of halogens is 2. The van der Waals surface area contributed by atoms with Gasteiger partial charge in [-0.2, -0.15) is 0 Å². The molecule has 3 fully saturated rings. The molecule has 10 nitrogen and oxygen atoms in total. The summed E-state index contributed by atoms with van der Waals surface area (Å²) >= 11 is 0. The van der Waals surface area contributed by atoms with E-state index in [1.165, 1.54) is 42.2 Å². The molecule has 0 bridgehead atoms. The van der Waals surface area contributed by atoms with Crippen molar-refractivity contribution in [2.45, 2.75) is 58.2 Å². The molecule has 1 aromatic carbocycles. The van der Waals surface area contributed by atoms with Gasteiger partial charge >= 0.3 is 0 Å². The minimum Gasteiger partial charge on any atom is -0.490 e. The lowest BCUT2D eigenvalue weighted by Crippen LogP contribution is -2.65. The van der Waals surface area contributed by atoms with Crippen molar-refractivity contribution in [3.05, 3.63) is 65.6 Å². The van der Waals surface area contributed by atoms with Crippen molar-refractivity contribution in [3.8, 4) is 17.2 Å². The van der Waals surface area contributed by atoms with Gasteiger partial charge in [-0.05, 0) is 76.4 Å². The van der Waals surface area contributed by atoms with Gasteiger partial charge in [-0.1, -0.05) is 0 Å². The van der Waals surface area contributed by atoms with E-state index in [4.69, 9.17) is 9.47 Å². The van der Waals surface area contributed by atoms with Gasteiger partial charge in [0, 0.05) is 68.1 Å². The first kappa shape index (κ1) is 31.4. The molecule has 3 aromatic rings. The molecule has 4 aliphatic rings. The maximum atomic E-state index is 14.0. The Morgan fingerprint density at radius 2 is 2.02 bits per heavy atom. The number of aromatic nitrogens is 3. The van der Waals surface area contributed by atoms with E-state index in [0.29, 0.717) is 11.6 Å². The smallest absolute Gasteiger partial charge is 0.255 e. The van der Waals surface area contributed by atoms with Crippen LogP contribution in [0.5, 0.6) is 17.2 Å². The molecule has 1 spiro atoms. The van der Waals surface area contributed by atoms with E-state index in [1.807, 2.05) is 26.1 Å². The number of fused-ring (bicyclic) bond motifs is 1. The Morgan fingerprint density at radius 3 is 2.80 bits per heavy atom. The molecule has 240 valence electrons. The summed E-state index contributed by atoms with van der Waals surface area (Å²) in [6, 6.07) is 5.87. The number of carbonyl (C=O) groups is 1. The van der Waals surface area contributed by atoms with Gasteiger partial charge in [0.05, 0.1) is 11.8 Å². The third kappa shape index (κ3) is 6.71. The Hall–Kier alpha value is -3.54. The van der Waals surface area contributed by atoms with Crippen LogP contribution in [-0.4, -0.2) is 77.2 Å². The van der Waals surface area contributed by atoms with Gasteiger partial charge < -0.3 is 25.0 Å². The maximum Gasteiger partial charge on any atom is 0.255 e. The standard InChI is InChI=1S/C33H40FN7O3.ClH/c1-21(2)39-32(42)25-11-23(34)3-4-28(25)44-30-15-36-20-38-31(30)41-18-33(19-41)12-24(13-33)43-29-6-9-37-27-7-10-40(17-26(27)29)16-22-5-8-35-14-22;/h3-4,6,9,11,15,20-22,24,35H,5,7-8,10,12-14,16-19H2,1-2H3,(H,39,42);1H. The summed E-state index contributed by atoms with van der Waals surface area (Å²) in [5.74, 6) is 2.17. The summed E-state index contributed by atoms with van der Waals surface area (Å²) in [4.78, 5) is 30.8. The van der Waals surface area contributed by atoms with Crippen LogP contribution in [0.4, 0.5) is 10.2 Å². The molecule has 1 atom stereocenters. The zero-order chi connectivity index (χ0) is 30.3. The second kappa shape index (κ2) is 13.1. The lowest BCUT2D eigenvalue weighted by atomic mass is 9.61. The number of pyridine rings is 1. The number of carbonyl (C=O) groups excluding carboxylic acids is 1. The quantitative estimate of drug-likeness (QED) is 0.354. The van der Waals surface area contributed by atoms with Gasteiger partial charge in [-0.25, -0.2) is 14.4 Å². The number of hydrogen-bond donors (Lipinski definition) is 2. The molecule has 7 rings (SSSR count). The largest absolute Gasteiger partial charge is 0.490 e. The summed E-state index contributed by atoms with van der Waals surface area (Å²) in [6.45, 7) is 10.7. The number of benzene rings is 1. The second-order valence-corrected chi connectivity index (χ2v) is 13.2. The first-order valence-corrected chi connectivity index (χ1v) is 15.7. The predicted octanol–water partition coefficient (Wildman–Crippen LogP) is 4.38. The highest BCUT2D eigenvalue weighted by Crippen LogP contribution is 2.52. The van der Waals surface area contributed by atoms with Crippen molar-refractivity contribution in [1.82, 2.24) is 30.5 Å². The third-order valence-electron chi connectivity index (χ3n) is 9.28. The SMILES string of the molecule is CC(C)NC(=O)c1cc(F)ccc1Oc1cncnc1N1CC2(CC(Oc3ccnc4c3CN(CC3CCNC3)CC4)C2)C1.Cl. The molecule has 2 saturated heterocycles. The molecule has 1 amide bonds. The average Bonchev–Trinajstić information content (AvgIpc) is 3.48. The summed E-state index contributed by atoms with van der Waals surface area (Å²) < 4.78 is 26.8. The zero-order valence-electron chi connectivity index (χ0n) is 25.8. The number of nitrogens with one attached hydrogen (secondary N) is 2. The van der Waals surface area contributed by atoms with Crippen LogP contribution in [0.3, 0.4) is 0 Å². The molecule has 45 heavy (non-hydrogen) atoms. The Kier molecular flexibility index (Phi) is 9.12. The van der Waals surface area contributed by atoms with Gasteiger partial charge in [0.15, 0.2) is 11.6 Å². The van der Waals surface area contributed by atoms with Crippen molar-refractivity contribution in [2.24, 2.45) is 11.3 Å². The highest BCUT2D eigenvalue weighted by Gasteiger charge is 2.54. The summed E-state index contributed by atoms with van der Waals surface area (Å²) in [6.07, 6.45) is 9.35. The number of anilines is 1. The van der Waals surface area contributed by atoms with Crippen LogP contribution in [0.15, 0.2) is 43.0 Å². The van der Waals surface area contributed by atoms with Crippen LogP contribution in [0.25, 0.3) is 0 Å².